The van der Waals surface area contributed by atoms with Gasteiger partial charge in [0, 0.05) is 30.4 Å². The van der Waals surface area contributed by atoms with Crippen LogP contribution in [0.1, 0.15) is 30.4 Å². The van der Waals surface area contributed by atoms with E-state index in [1.165, 1.54) is 6.08 Å². The van der Waals surface area contributed by atoms with Gasteiger partial charge < -0.3 is 19.7 Å². The van der Waals surface area contributed by atoms with Crippen LogP contribution in [0.4, 0.5) is 11.4 Å². The maximum absolute atomic E-state index is 12.3. The normalized spacial score (nSPS) is 15.9. The van der Waals surface area contributed by atoms with Crippen molar-refractivity contribution in [3.05, 3.63) is 53.6 Å². The average molecular weight is 378 g/mol. The fraction of sp³-hybridized carbons (Fsp3) is 0.273. The van der Waals surface area contributed by atoms with Gasteiger partial charge in [-0.05, 0) is 61.2 Å². The van der Waals surface area contributed by atoms with Crippen LogP contribution in [0.3, 0.4) is 0 Å². The number of nitrogens with zero attached hydrogens (tertiary/aromatic N) is 1. The molecule has 4 rings (SSSR count). The first-order valence-electron chi connectivity index (χ1n) is 9.40. The molecule has 0 bridgehead atoms. The number of fused-ring (bicyclic) bond motifs is 1. The SMILES string of the molecule is Cc1ccc(NC(=O)/C=C/c2ccc3c(c2)OCO3)cc1N1CCCCC1=O. The lowest BCUT2D eigenvalue weighted by atomic mass is 10.1. The highest BCUT2D eigenvalue weighted by molar-refractivity contribution is 6.03. The summed E-state index contributed by atoms with van der Waals surface area (Å²) >= 11 is 0. The molecule has 2 aromatic rings. The van der Waals surface area contributed by atoms with E-state index in [2.05, 4.69) is 5.32 Å². The minimum absolute atomic E-state index is 0.139. The highest BCUT2D eigenvalue weighted by atomic mass is 16.7. The van der Waals surface area contributed by atoms with Crippen molar-refractivity contribution in [1.29, 1.82) is 0 Å². The summed E-state index contributed by atoms with van der Waals surface area (Å²) in [5.74, 6) is 1.29. The predicted octanol–water partition coefficient (Wildman–Crippen LogP) is 3.89. The number of aryl methyl sites for hydroxylation is 1. The molecule has 1 fully saturated rings. The van der Waals surface area contributed by atoms with Gasteiger partial charge in [-0.3, -0.25) is 9.59 Å². The summed E-state index contributed by atoms with van der Waals surface area (Å²) in [7, 11) is 0. The van der Waals surface area contributed by atoms with E-state index in [4.69, 9.17) is 9.47 Å². The second-order valence-corrected chi connectivity index (χ2v) is 6.94. The molecular formula is C22H22N2O4. The minimum Gasteiger partial charge on any atom is -0.454 e. The van der Waals surface area contributed by atoms with E-state index in [0.717, 1.165) is 36.2 Å². The molecule has 0 radical (unpaired) electrons. The van der Waals surface area contributed by atoms with Crippen molar-refractivity contribution in [2.75, 3.05) is 23.6 Å². The number of piperidine rings is 1. The van der Waals surface area contributed by atoms with Gasteiger partial charge in [0.15, 0.2) is 11.5 Å². The molecule has 6 nitrogen and oxygen atoms in total. The Morgan fingerprint density at radius 3 is 2.82 bits per heavy atom. The topological polar surface area (TPSA) is 67.9 Å². The molecule has 1 saturated heterocycles. The Labute approximate surface area is 163 Å². The lowest BCUT2D eigenvalue weighted by Gasteiger charge is -2.28. The summed E-state index contributed by atoms with van der Waals surface area (Å²) < 4.78 is 10.6. The lowest BCUT2D eigenvalue weighted by Crippen LogP contribution is -2.35. The average Bonchev–Trinajstić information content (AvgIpc) is 3.16. The summed E-state index contributed by atoms with van der Waals surface area (Å²) in [6, 6.07) is 11.2. The molecule has 1 N–H and O–H groups in total. The van der Waals surface area contributed by atoms with Crippen molar-refractivity contribution in [2.45, 2.75) is 26.2 Å². The highest BCUT2D eigenvalue weighted by Gasteiger charge is 2.21. The molecule has 2 aliphatic heterocycles. The van der Waals surface area contributed by atoms with Crippen LogP contribution >= 0.6 is 0 Å². The first kappa shape index (κ1) is 18.1. The summed E-state index contributed by atoms with van der Waals surface area (Å²) in [6.07, 6.45) is 5.72. The number of ether oxygens (including phenoxy) is 2. The van der Waals surface area contributed by atoms with Crippen molar-refractivity contribution in [3.63, 3.8) is 0 Å². The summed E-state index contributed by atoms with van der Waals surface area (Å²) in [5.41, 5.74) is 3.40. The standard InChI is InChI=1S/C22H22N2O4/c1-15-5-8-17(13-18(15)24-11-3-2-4-22(24)26)23-21(25)10-7-16-6-9-19-20(12-16)28-14-27-19/h5-10,12-13H,2-4,11,14H2,1H3,(H,23,25)/b10-7+. The molecule has 28 heavy (non-hydrogen) atoms. The van der Waals surface area contributed by atoms with E-state index in [1.54, 1.807) is 6.08 Å². The molecule has 0 atom stereocenters. The van der Waals surface area contributed by atoms with Gasteiger partial charge in [0.05, 0.1) is 0 Å². The number of hydrogen-bond acceptors (Lipinski definition) is 4. The third kappa shape index (κ3) is 3.86. The Hall–Kier alpha value is -3.28. The van der Waals surface area contributed by atoms with Gasteiger partial charge in [-0.1, -0.05) is 12.1 Å². The smallest absolute Gasteiger partial charge is 0.248 e. The van der Waals surface area contributed by atoms with Gasteiger partial charge in [-0.15, -0.1) is 0 Å². The Morgan fingerprint density at radius 1 is 1.11 bits per heavy atom. The number of amides is 2. The van der Waals surface area contributed by atoms with Gasteiger partial charge >= 0.3 is 0 Å². The Morgan fingerprint density at radius 2 is 1.96 bits per heavy atom. The van der Waals surface area contributed by atoms with Gasteiger partial charge in [-0.25, -0.2) is 0 Å². The minimum atomic E-state index is -0.238. The molecule has 6 heteroatoms. The largest absolute Gasteiger partial charge is 0.454 e. The third-order valence-electron chi connectivity index (χ3n) is 4.91. The number of benzene rings is 2. The van der Waals surface area contributed by atoms with Crippen LogP contribution in [0, 0.1) is 6.92 Å². The molecule has 0 spiro atoms. The molecular weight excluding hydrogens is 356 g/mol. The van der Waals surface area contributed by atoms with Gasteiger partial charge in [0.2, 0.25) is 18.6 Å². The maximum atomic E-state index is 12.3. The van der Waals surface area contributed by atoms with E-state index in [0.29, 0.717) is 23.6 Å². The van der Waals surface area contributed by atoms with Crippen LogP contribution < -0.4 is 19.7 Å². The highest BCUT2D eigenvalue weighted by Crippen LogP contribution is 2.33. The maximum Gasteiger partial charge on any atom is 0.248 e. The van der Waals surface area contributed by atoms with E-state index in [1.807, 2.05) is 48.2 Å². The molecule has 2 aromatic carbocycles. The number of nitrogens with one attached hydrogen (secondary N) is 1. The Bertz CT molecular complexity index is 952. The fourth-order valence-corrected chi connectivity index (χ4v) is 3.41. The number of carbonyl (C=O) groups excluding carboxylic acids is 2. The van der Waals surface area contributed by atoms with Crippen LogP contribution in [-0.4, -0.2) is 25.2 Å². The Kier molecular flexibility index (Phi) is 5.02. The molecule has 2 heterocycles. The summed E-state index contributed by atoms with van der Waals surface area (Å²) in [6.45, 7) is 2.92. The van der Waals surface area contributed by atoms with Crippen LogP contribution in [0.15, 0.2) is 42.5 Å². The van der Waals surface area contributed by atoms with Gasteiger partial charge in [0.25, 0.3) is 0 Å². The molecule has 2 aliphatic rings. The van der Waals surface area contributed by atoms with Crippen molar-refractivity contribution < 1.29 is 19.1 Å². The zero-order valence-electron chi connectivity index (χ0n) is 15.7. The monoisotopic (exact) mass is 378 g/mol. The molecule has 0 saturated carbocycles. The van der Waals surface area contributed by atoms with E-state index in [9.17, 15) is 9.59 Å². The van der Waals surface area contributed by atoms with E-state index >= 15 is 0 Å². The Balaban J connectivity index is 1.45. The van der Waals surface area contributed by atoms with Crippen LogP contribution in [0.5, 0.6) is 11.5 Å². The molecule has 2 amide bonds. The number of carbonyl (C=O) groups is 2. The number of hydrogen-bond donors (Lipinski definition) is 1. The summed E-state index contributed by atoms with van der Waals surface area (Å²) in [4.78, 5) is 26.4. The van der Waals surface area contributed by atoms with Crippen molar-refractivity contribution in [2.24, 2.45) is 0 Å². The number of rotatable bonds is 4. The van der Waals surface area contributed by atoms with Crippen molar-refractivity contribution in [3.8, 4) is 11.5 Å². The van der Waals surface area contributed by atoms with Crippen LogP contribution in [-0.2, 0) is 9.59 Å². The van der Waals surface area contributed by atoms with Crippen LogP contribution in [0.25, 0.3) is 6.08 Å². The summed E-state index contributed by atoms with van der Waals surface area (Å²) in [5, 5.41) is 2.87. The quantitative estimate of drug-likeness (QED) is 0.820. The zero-order valence-corrected chi connectivity index (χ0v) is 15.7. The zero-order chi connectivity index (χ0) is 19.5. The molecule has 144 valence electrons. The van der Waals surface area contributed by atoms with Gasteiger partial charge in [0.1, 0.15) is 0 Å². The molecule has 0 aromatic heterocycles. The van der Waals surface area contributed by atoms with Crippen molar-refractivity contribution in [1.82, 2.24) is 0 Å². The van der Waals surface area contributed by atoms with Crippen molar-refractivity contribution >= 4 is 29.3 Å². The van der Waals surface area contributed by atoms with E-state index < -0.39 is 0 Å². The fourth-order valence-electron chi connectivity index (χ4n) is 3.41. The van der Waals surface area contributed by atoms with E-state index in [-0.39, 0.29) is 18.6 Å². The lowest BCUT2D eigenvalue weighted by molar-refractivity contribution is -0.119. The van der Waals surface area contributed by atoms with Crippen LogP contribution in [0.2, 0.25) is 0 Å². The second kappa shape index (κ2) is 7.76. The number of anilines is 2. The third-order valence-corrected chi connectivity index (χ3v) is 4.91. The first-order chi connectivity index (χ1) is 13.6. The molecule has 0 aliphatic carbocycles. The second-order valence-electron chi connectivity index (χ2n) is 6.94. The first-order valence-corrected chi connectivity index (χ1v) is 9.40. The predicted molar refractivity (Wildman–Crippen MR) is 108 cm³/mol. The molecule has 0 unspecified atom stereocenters. The van der Waals surface area contributed by atoms with Gasteiger partial charge in [-0.2, -0.15) is 0 Å².